The minimum Gasteiger partial charge on any atom is -0.391 e. The van der Waals surface area contributed by atoms with E-state index in [0.29, 0.717) is 43.1 Å². The number of fused-ring (bicyclic) bond motifs is 3. The number of carbonyl (C=O) groups excluding carboxylic acids is 4. The summed E-state index contributed by atoms with van der Waals surface area (Å²) in [4.78, 5) is 76.3. The molecule has 6 atom stereocenters. The molecule has 3 aromatic heterocycles. The normalized spacial score (nSPS) is 21.8. The predicted molar refractivity (Wildman–Crippen MR) is 286 cm³/mol. The summed E-state index contributed by atoms with van der Waals surface area (Å²) >= 11 is 9.59. The van der Waals surface area contributed by atoms with Gasteiger partial charge in [0.2, 0.25) is 23.6 Å². The van der Waals surface area contributed by atoms with Gasteiger partial charge in [0.15, 0.2) is 5.82 Å². The number of aliphatic hydroxyl groups excluding tert-OH is 1. The van der Waals surface area contributed by atoms with E-state index in [4.69, 9.17) is 16.6 Å². The Morgan fingerprint density at radius 3 is 2.26 bits per heavy atom. The molecule has 1 unspecified atom stereocenters. The maximum Gasteiger partial charge on any atom is 0.246 e. The highest BCUT2D eigenvalue weighted by atomic mass is 35.5. The Labute approximate surface area is 441 Å². The van der Waals surface area contributed by atoms with E-state index in [1.54, 1.807) is 22.7 Å². The van der Waals surface area contributed by atoms with E-state index < -0.39 is 29.6 Å². The molecule has 4 amide bonds. The van der Waals surface area contributed by atoms with Gasteiger partial charge in [0.25, 0.3) is 0 Å². The molecule has 9 rings (SSSR count). The Morgan fingerprint density at radius 2 is 1.60 bits per heavy atom. The molecule has 0 aliphatic carbocycles. The monoisotopic (exact) mass is 1050 g/mol. The molecule has 388 valence electrons. The lowest BCUT2D eigenvalue weighted by Crippen LogP contribution is -2.61. The molecular weight excluding hydrogens is 982 g/mol. The predicted octanol–water partition coefficient (Wildman–Crippen LogP) is 6.99. The van der Waals surface area contributed by atoms with Crippen LogP contribution in [0, 0.1) is 33.1 Å². The summed E-state index contributed by atoms with van der Waals surface area (Å²) in [6.07, 6.45) is 1.09. The zero-order valence-corrected chi connectivity index (χ0v) is 45.7. The van der Waals surface area contributed by atoms with Crippen LogP contribution in [0.5, 0.6) is 0 Å². The van der Waals surface area contributed by atoms with Gasteiger partial charge >= 0.3 is 0 Å². The number of likely N-dealkylation sites (tertiary alicyclic amines) is 2. The number of halogens is 1. The Hall–Kier alpha value is -5.37. The third-order valence-corrected chi connectivity index (χ3v) is 17.6. The van der Waals surface area contributed by atoms with Gasteiger partial charge in [0.05, 0.1) is 46.9 Å². The number of aryl methyl sites for hydroxylation is 3. The van der Waals surface area contributed by atoms with E-state index in [1.165, 1.54) is 9.78 Å². The quantitative estimate of drug-likeness (QED) is 0.118. The Balaban J connectivity index is 0.779. The van der Waals surface area contributed by atoms with Crippen LogP contribution in [0.15, 0.2) is 59.0 Å². The van der Waals surface area contributed by atoms with Gasteiger partial charge in [-0.25, -0.2) is 4.98 Å². The minimum absolute atomic E-state index is 0.00391. The van der Waals surface area contributed by atoms with Gasteiger partial charge in [-0.15, -0.1) is 32.9 Å². The third-order valence-electron chi connectivity index (χ3n) is 15.2. The van der Waals surface area contributed by atoms with Crippen molar-refractivity contribution in [3.63, 3.8) is 0 Å². The fourth-order valence-corrected chi connectivity index (χ4v) is 13.2. The van der Waals surface area contributed by atoms with Gasteiger partial charge in [-0.05, 0) is 88.6 Å². The van der Waals surface area contributed by atoms with Crippen molar-refractivity contribution >= 4 is 63.6 Å². The van der Waals surface area contributed by atoms with Crippen LogP contribution in [0.25, 0.3) is 15.4 Å². The number of aliphatic imine (C=N–C) groups is 1. The smallest absolute Gasteiger partial charge is 0.246 e. The number of rotatable bonds is 12. The van der Waals surface area contributed by atoms with Crippen molar-refractivity contribution in [2.45, 2.75) is 130 Å². The molecule has 19 heteroatoms. The van der Waals surface area contributed by atoms with Crippen molar-refractivity contribution in [2.75, 3.05) is 45.8 Å². The third kappa shape index (κ3) is 11.1. The average Bonchev–Trinajstić information content (AvgIpc) is 4.12. The lowest BCUT2D eigenvalue weighted by molar-refractivity contribution is -0.144. The van der Waals surface area contributed by atoms with E-state index in [-0.39, 0.29) is 61.6 Å². The number of nitrogens with zero attached hydrogens (tertiary/aromatic N) is 9. The topological polar surface area (TPSA) is 181 Å². The molecule has 0 saturated carbocycles. The molecule has 0 spiro atoms. The molecule has 5 aromatic rings. The first-order valence-electron chi connectivity index (χ1n) is 25.5. The number of thiazole rings is 1. The lowest BCUT2D eigenvalue weighted by Gasteiger charge is -2.46. The number of thiophene rings is 1. The van der Waals surface area contributed by atoms with Crippen LogP contribution < -0.4 is 10.6 Å². The van der Waals surface area contributed by atoms with Crippen LogP contribution in [0.2, 0.25) is 5.02 Å². The number of nitrogens with one attached hydrogen (secondary N) is 2. The molecule has 0 bridgehead atoms. The van der Waals surface area contributed by atoms with E-state index in [1.807, 2.05) is 100 Å². The van der Waals surface area contributed by atoms with Crippen molar-refractivity contribution in [2.24, 2.45) is 10.4 Å². The first-order chi connectivity index (χ1) is 34.7. The number of hydrogen-bond donors (Lipinski definition) is 3. The van der Waals surface area contributed by atoms with Crippen molar-refractivity contribution in [1.82, 2.24) is 50.0 Å². The van der Waals surface area contributed by atoms with Crippen LogP contribution in [0.4, 0.5) is 0 Å². The maximum absolute atomic E-state index is 14.4. The second kappa shape index (κ2) is 21.5. The molecule has 16 nitrogen and oxygen atoms in total. The van der Waals surface area contributed by atoms with Crippen molar-refractivity contribution in [3.05, 3.63) is 104 Å². The van der Waals surface area contributed by atoms with Gasteiger partial charge in [-0.1, -0.05) is 68.8 Å². The number of aromatic nitrogens is 4. The number of piperidine rings is 1. The van der Waals surface area contributed by atoms with Crippen molar-refractivity contribution in [3.8, 4) is 15.4 Å². The first kappa shape index (κ1) is 52.5. The highest BCUT2D eigenvalue weighted by molar-refractivity contribution is 7.15. The fraction of sp³-hybridized carbons (Fsp3) is 0.519. The van der Waals surface area contributed by atoms with Crippen LogP contribution >= 0.6 is 34.3 Å². The summed E-state index contributed by atoms with van der Waals surface area (Å²) in [6, 6.07) is 13.5. The zero-order valence-electron chi connectivity index (χ0n) is 43.3. The van der Waals surface area contributed by atoms with Gasteiger partial charge in [0.1, 0.15) is 29.0 Å². The minimum atomic E-state index is -0.920. The number of aliphatic hydroxyl groups is 1. The summed E-state index contributed by atoms with van der Waals surface area (Å²) in [6.45, 7) is 21.5. The molecule has 4 aliphatic heterocycles. The average molecular weight is 1050 g/mol. The molecule has 3 N–H and O–H groups in total. The highest BCUT2D eigenvalue weighted by Crippen LogP contribution is 2.40. The van der Waals surface area contributed by atoms with Crippen molar-refractivity contribution in [1.29, 1.82) is 0 Å². The molecule has 73 heavy (non-hydrogen) atoms. The molecular formula is C54H68ClN11O5S2. The van der Waals surface area contributed by atoms with E-state index in [2.05, 4.69) is 61.0 Å². The summed E-state index contributed by atoms with van der Waals surface area (Å²) in [7, 11) is 0. The number of amides is 4. The Bertz CT molecular complexity index is 2880. The number of benzene rings is 2. The SMILES string of the molecule is Cc1ncsc1-c1ccc(C(C)NC(=O)[C@@H]2C[C@@H](O)CN2C(=O)[C@@H](NC(=O)CN2CCN(C3CCN(C(=O)C[C@@H]4N=C(c5ccc(Cl)cc5)c5c(sc(C)c5C)-n5c(C)nnc54)CC3)[C@@H](C)C2)C(C)(C)C)cc1. The molecule has 3 fully saturated rings. The fourth-order valence-electron chi connectivity index (χ4n) is 11.0. The van der Waals surface area contributed by atoms with Crippen molar-refractivity contribution < 1.29 is 24.3 Å². The summed E-state index contributed by atoms with van der Waals surface area (Å²) in [5, 5.41) is 27.6. The zero-order chi connectivity index (χ0) is 52.0. The molecule has 4 aliphatic rings. The van der Waals surface area contributed by atoms with Crippen LogP contribution in [-0.4, -0.2) is 150 Å². The maximum atomic E-state index is 14.4. The molecule has 3 saturated heterocycles. The summed E-state index contributed by atoms with van der Waals surface area (Å²) < 4.78 is 2.08. The van der Waals surface area contributed by atoms with E-state index in [0.717, 1.165) is 74.3 Å². The number of β-amino-alcohol motifs (C(OH)–C–C–N with tert-alkyl or cyclic N) is 1. The van der Waals surface area contributed by atoms with Gasteiger partial charge < -0.3 is 25.5 Å². The molecule has 0 radical (unpaired) electrons. The second-order valence-corrected chi connectivity index (χ2v) is 23.9. The standard InChI is InChI=1S/C54H68ClN11O5S2/c1-30-26-62(28-44(68)59-49(54(7,8)9)52(71)65-27-41(67)24-43(65)51(70)57-32(3)36-10-12-38(13-11-36)48-33(4)56-29-72-48)22-23-64(30)40-18-20-63(21-19-40)45(69)25-42-50-61-60-35(6)66(50)53-46(31(2)34(5)73-53)47(58-42)37-14-16-39(55)17-15-37/h10-17,29-30,32,40-43,49,67H,18-28H2,1-9H3,(H,57,70)(H,59,68)/t30-,32?,41+,42-,43-,49+/m0/s1. The summed E-state index contributed by atoms with van der Waals surface area (Å²) in [5.41, 5.74) is 8.02. The highest BCUT2D eigenvalue weighted by Gasteiger charge is 2.45. The second-order valence-electron chi connectivity index (χ2n) is 21.4. The molecule has 7 heterocycles. The van der Waals surface area contributed by atoms with Gasteiger partial charge in [-0.2, -0.15) is 0 Å². The number of hydrogen-bond acceptors (Lipinski definition) is 13. The van der Waals surface area contributed by atoms with Crippen LogP contribution in [-0.2, 0) is 19.2 Å². The Kier molecular flexibility index (Phi) is 15.4. The van der Waals surface area contributed by atoms with E-state index in [9.17, 15) is 24.3 Å². The lowest BCUT2D eigenvalue weighted by atomic mass is 9.85. The van der Waals surface area contributed by atoms with Crippen LogP contribution in [0.3, 0.4) is 0 Å². The first-order valence-corrected chi connectivity index (χ1v) is 27.5. The number of piperazine rings is 1. The molecule has 2 aromatic carbocycles. The summed E-state index contributed by atoms with van der Waals surface area (Å²) in [5.74, 6) is 0.464. The van der Waals surface area contributed by atoms with Crippen LogP contribution in [0.1, 0.15) is 117 Å². The Morgan fingerprint density at radius 1 is 0.904 bits per heavy atom. The van der Waals surface area contributed by atoms with E-state index >= 15 is 0 Å². The largest absolute Gasteiger partial charge is 0.391 e. The number of carbonyl (C=O) groups is 4. The van der Waals surface area contributed by atoms with Gasteiger partial charge in [0, 0.05) is 78.8 Å². The van der Waals surface area contributed by atoms with Gasteiger partial charge in [-0.3, -0.25) is 38.5 Å².